The highest BCUT2D eigenvalue weighted by Gasteiger charge is 2.34. The summed E-state index contributed by atoms with van der Waals surface area (Å²) in [6, 6.07) is 6.61. The normalized spacial score (nSPS) is 16.9. The van der Waals surface area contributed by atoms with E-state index in [4.69, 9.17) is 5.11 Å². The second-order valence-corrected chi connectivity index (χ2v) is 4.96. The van der Waals surface area contributed by atoms with Crippen LogP contribution in [0.5, 0.6) is 0 Å². The molecule has 0 aromatic heterocycles. The van der Waals surface area contributed by atoms with E-state index in [0.29, 0.717) is 4.90 Å². The van der Waals surface area contributed by atoms with Crippen molar-refractivity contribution in [1.29, 1.82) is 0 Å². The summed E-state index contributed by atoms with van der Waals surface area (Å²) in [5.41, 5.74) is 0.860. The van der Waals surface area contributed by atoms with Gasteiger partial charge in [0.05, 0.1) is 0 Å². The van der Waals surface area contributed by atoms with Gasteiger partial charge in [0.15, 0.2) is 0 Å². The molecule has 1 fully saturated rings. The molecular formula is C12H9IN2O4. The fourth-order valence-corrected chi connectivity index (χ4v) is 2.14. The first-order valence-corrected chi connectivity index (χ1v) is 6.38. The van der Waals surface area contributed by atoms with Gasteiger partial charge in [0.25, 0.3) is 5.91 Å². The lowest BCUT2D eigenvalue weighted by molar-refractivity contribution is -0.140. The number of benzene rings is 1. The molecule has 98 valence electrons. The Hall–Kier alpha value is -1.90. The number of halogens is 1. The number of carbonyl (C=O) groups excluding carboxylic acids is 2. The maximum atomic E-state index is 11.9. The maximum absolute atomic E-state index is 11.9. The van der Waals surface area contributed by atoms with Crippen LogP contribution in [0.25, 0.3) is 6.08 Å². The van der Waals surface area contributed by atoms with E-state index < -0.39 is 24.5 Å². The number of carboxylic acids is 1. The van der Waals surface area contributed by atoms with Crippen LogP contribution < -0.4 is 5.32 Å². The predicted molar refractivity (Wildman–Crippen MR) is 75.0 cm³/mol. The Labute approximate surface area is 122 Å². The Kier molecular flexibility index (Phi) is 3.84. The number of urea groups is 1. The topological polar surface area (TPSA) is 86.7 Å². The molecule has 0 aliphatic carbocycles. The highest BCUT2D eigenvalue weighted by molar-refractivity contribution is 14.1. The lowest BCUT2D eigenvalue weighted by atomic mass is 10.2. The first-order chi connectivity index (χ1) is 8.99. The Morgan fingerprint density at radius 2 is 2.05 bits per heavy atom. The van der Waals surface area contributed by atoms with Gasteiger partial charge in [0, 0.05) is 3.57 Å². The highest BCUT2D eigenvalue weighted by Crippen LogP contribution is 2.18. The molecule has 0 radical (unpaired) electrons. The molecule has 1 saturated heterocycles. The molecule has 7 heteroatoms. The third-order valence-electron chi connectivity index (χ3n) is 2.46. The van der Waals surface area contributed by atoms with Crippen molar-refractivity contribution in [2.24, 2.45) is 0 Å². The SMILES string of the molecule is O=C(O)CN1C(=O)N/C(=C/c2ccccc2I)C1=O. The first kappa shape index (κ1) is 13.5. The lowest BCUT2D eigenvalue weighted by Gasteiger charge is -2.06. The second-order valence-electron chi connectivity index (χ2n) is 3.79. The fourth-order valence-electron chi connectivity index (χ4n) is 1.60. The maximum Gasteiger partial charge on any atom is 0.329 e. The third kappa shape index (κ3) is 2.92. The predicted octanol–water partition coefficient (Wildman–Crippen LogP) is 1.27. The van der Waals surface area contributed by atoms with Crippen molar-refractivity contribution < 1.29 is 19.5 Å². The van der Waals surface area contributed by atoms with Crippen molar-refractivity contribution in [1.82, 2.24) is 10.2 Å². The number of nitrogens with one attached hydrogen (secondary N) is 1. The van der Waals surface area contributed by atoms with Crippen molar-refractivity contribution in [3.63, 3.8) is 0 Å². The van der Waals surface area contributed by atoms with Gasteiger partial charge in [-0.05, 0) is 40.3 Å². The van der Waals surface area contributed by atoms with E-state index in [2.05, 4.69) is 27.9 Å². The molecule has 1 aliphatic heterocycles. The lowest BCUT2D eigenvalue weighted by Crippen LogP contribution is -2.35. The highest BCUT2D eigenvalue weighted by atomic mass is 127. The minimum absolute atomic E-state index is 0.0790. The zero-order valence-electron chi connectivity index (χ0n) is 9.59. The number of rotatable bonds is 3. The Morgan fingerprint density at radius 1 is 1.37 bits per heavy atom. The van der Waals surface area contributed by atoms with Gasteiger partial charge in [-0.3, -0.25) is 9.59 Å². The average Bonchev–Trinajstić information content (AvgIpc) is 2.60. The minimum atomic E-state index is -1.24. The summed E-state index contributed by atoms with van der Waals surface area (Å²) >= 11 is 2.11. The van der Waals surface area contributed by atoms with Crippen LogP contribution in [0.15, 0.2) is 30.0 Å². The van der Waals surface area contributed by atoms with Gasteiger partial charge >= 0.3 is 12.0 Å². The number of amides is 3. The number of carboxylic acid groups (broad SMARTS) is 1. The van der Waals surface area contributed by atoms with Crippen molar-refractivity contribution in [3.8, 4) is 0 Å². The first-order valence-electron chi connectivity index (χ1n) is 5.30. The summed E-state index contributed by atoms with van der Waals surface area (Å²) in [6.07, 6.45) is 1.53. The minimum Gasteiger partial charge on any atom is -0.480 e. The smallest absolute Gasteiger partial charge is 0.329 e. The van der Waals surface area contributed by atoms with E-state index in [0.717, 1.165) is 9.13 Å². The van der Waals surface area contributed by atoms with Crippen LogP contribution in [-0.4, -0.2) is 34.5 Å². The van der Waals surface area contributed by atoms with Gasteiger partial charge in [-0.1, -0.05) is 18.2 Å². The monoisotopic (exact) mass is 372 g/mol. The third-order valence-corrected chi connectivity index (χ3v) is 3.44. The van der Waals surface area contributed by atoms with Crippen LogP contribution in [0.4, 0.5) is 4.79 Å². The molecular weight excluding hydrogens is 363 g/mol. The Morgan fingerprint density at radius 3 is 2.68 bits per heavy atom. The molecule has 0 bridgehead atoms. The van der Waals surface area contributed by atoms with Crippen LogP contribution in [0.1, 0.15) is 5.56 Å². The molecule has 0 spiro atoms. The summed E-state index contributed by atoms with van der Waals surface area (Å²) in [7, 11) is 0. The number of hydrogen-bond acceptors (Lipinski definition) is 3. The number of hydrogen-bond donors (Lipinski definition) is 2. The van der Waals surface area contributed by atoms with E-state index in [1.807, 2.05) is 18.2 Å². The van der Waals surface area contributed by atoms with E-state index in [9.17, 15) is 14.4 Å². The van der Waals surface area contributed by atoms with E-state index >= 15 is 0 Å². The van der Waals surface area contributed by atoms with E-state index in [1.165, 1.54) is 6.08 Å². The number of carbonyl (C=O) groups is 3. The molecule has 0 atom stereocenters. The Bertz CT molecular complexity index is 597. The average molecular weight is 372 g/mol. The quantitative estimate of drug-likeness (QED) is 0.475. The van der Waals surface area contributed by atoms with Gasteiger partial charge < -0.3 is 10.4 Å². The van der Waals surface area contributed by atoms with Crippen LogP contribution >= 0.6 is 22.6 Å². The van der Waals surface area contributed by atoms with Crippen LogP contribution in [0.2, 0.25) is 0 Å². The molecule has 6 nitrogen and oxygen atoms in total. The molecule has 19 heavy (non-hydrogen) atoms. The second kappa shape index (κ2) is 5.39. The van der Waals surface area contributed by atoms with Crippen LogP contribution in [-0.2, 0) is 9.59 Å². The van der Waals surface area contributed by atoms with Crippen LogP contribution in [0.3, 0.4) is 0 Å². The van der Waals surface area contributed by atoms with Gasteiger partial charge in [-0.25, -0.2) is 9.69 Å². The molecule has 1 heterocycles. The zero-order valence-corrected chi connectivity index (χ0v) is 11.7. The van der Waals surface area contributed by atoms with Crippen molar-refractivity contribution in [3.05, 3.63) is 39.1 Å². The molecule has 2 rings (SSSR count). The largest absolute Gasteiger partial charge is 0.480 e. The molecule has 2 N–H and O–H groups in total. The fraction of sp³-hybridized carbons (Fsp3) is 0.0833. The van der Waals surface area contributed by atoms with E-state index in [1.54, 1.807) is 6.07 Å². The number of aliphatic carboxylic acids is 1. The number of imide groups is 1. The van der Waals surface area contributed by atoms with Crippen molar-refractivity contribution >= 4 is 46.6 Å². The Balaban J connectivity index is 2.28. The molecule has 0 unspecified atom stereocenters. The standard InChI is InChI=1S/C12H9IN2O4/c13-8-4-2-1-3-7(8)5-9-11(18)15(6-10(16)17)12(19)14-9/h1-5H,6H2,(H,14,19)(H,16,17)/b9-5+. The van der Waals surface area contributed by atoms with Gasteiger partial charge in [0.2, 0.25) is 0 Å². The molecule has 3 amide bonds. The summed E-state index contributed by atoms with van der Waals surface area (Å²) in [6.45, 7) is -0.645. The van der Waals surface area contributed by atoms with Crippen molar-refractivity contribution in [2.75, 3.05) is 6.54 Å². The number of nitrogens with zero attached hydrogens (tertiary/aromatic N) is 1. The van der Waals surface area contributed by atoms with Gasteiger partial charge in [0.1, 0.15) is 12.2 Å². The summed E-state index contributed by atoms with van der Waals surface area (Å²) in [4.78, 5) is 34.6. The summed E-state index contributed by atoms with van der Waals surface area (Å²) in [5, 5.41) is 11.0. The van der Waals surface area contributed by atoms with Crippen LogP contribution in [0, 0.1) is 3.57 Å². The molecule has 1 aromatic carbocycles. The van der Waals surface area contributed by atoms with Gasteiger partial charge in [-0.2, -0.15) is 0 Å². The zero-order chi connectivity index (χ0) is 14.0. The molecule has 0 saturated carbocycles. The van der Waals surface area contributed by atoms with Gasteiger partial charge in [-0.15, -0.1) is 0 Å². The van der Waals surface area contributed by atoms with E-state index in [-0.39, 0.29) is 5.70 Å². The van der Waals surface area contributed by atoms with Crippen molar-refractivity contribution in [2.45, 2.75) is 0 Å². The molecule has 1 aromatic rings. The molecule has 1 aliphatic rings. The summed E-state index contributed by atoms with van der Waals surface area (Å²) in [5.74, 6) is -1.87. The summed E-state index contributed by atoms with van der Waals surface area (Å²) < 4.78 is 0.923.